The Morgan fingerprint density at radius 3 is 2.53 bits per heavy atom. The first-order chi connectivity index (χ1) is 9.08. The summed E-state index contributed by atoms with van der Waals surface area (Å²) in [4.78, 5) is 4.74. The second-order valence-corrected chi connectivity index (χ2v) is 5.51. The molecule has 1 aromatic carbocycles. The molecular formula is C15H14BrN3. The number of rotatable bonds is 1. The Hall–Kier alpha value is -1.68. The van der Waals surface area contributed by atoms with E-state index in [1.54, 1.807) is 0 Å². The van der Waals surface area contributed by atoms with Gasteiger partial charge in [0.1, 0.15) is 0 Å². The standard InChI is InChI=1S/C15H14BrN3/c1-9-8-12-6-4-5-7-13(12)17-15(9)19-11(3)14(16)10(2)18-19/h4-8H,1-3H3. The van der Waals surface area contributed by atoms with Crippen LogP contribution in [0.15, 0.2) is 34.8 Å². The van der Waals surface area contributed by atoms with E-state index < -0.39 is 0 Å². The quantitative estimate of drug-likeness (QED) is 0.676. The van der Waals surface area contributed by atoms with E-state index in [1.165, 1.54) is 0 Å². The Morgan fingerprint density at radius 1 is 1.11 bits per heavy atom. The summed E-state index contributed by atoms with van der Waals surface area (Å²) in [5.41, 5.74) is 4.17. The normalized spacial score (nSPS) is 11.2. The Kier molecular flexibility index (Phi) is 2.90. The lowest BCUT2D eigenvalue weighted by molar-refractivity contribution is 0.803. The summed E-state index contributed by atoms with van der Waals surface area (Å²) < 4.78 is 2.95. The van der Waals surface area contributed by atoms with Gasteiger partial charge < -0.3 is 0 Å². The van der Waals surface area contributed by atoms with E-state index in [4.69, 9.17) is 4.98 Å². The van der Waals surface area contributed by atoms with Crippen molar-refractivity contribution in [1.82, 2.24) is 14.8 Å². The van der Waals surface area contributed by atoms with E-state index in [0.717, 1.165) is 38.1 Å². The Bertz CT molecular complexity index is 774. The van der Waals surface area contributed by atoms with Crippen LogP contribution in [0.25, 0.3) is 16.7 Å². The maximum Gasteiger partial charge on any atom is 0.157 e. The first-order valence-corrected chi connectivity index (χ1v) is 6.95. The van der Waals surface area contributed by atoms with Gasteiger partial charge in [0.25, 0.3) is 0 Å². The summed E-state index contributed by atoms with van der Waals surface area (Å²) in [6.45, 7) is 6.10. The van der Waals surface area contributed by atoms with Gasteiger partial charge in [0.15, 0.2) is 5.82 Å². The van der Waals surface area contributed by atoms with Crippen molar-refractivity contribution in [3.63, 3.8) is 0 Å². The van der Waals surface area contributed by atoms with Crippen LogP contribution in [0.2, 0.25) is 0 Å². The summed E-state index contributed by atoms with van der Waals surface area (Å²) in [6.07, 6.45) is 0. The number of benzene rings is 1. The molecule has 0 fully saturated rings. The number of pyridine rings is 1. The van der Waals surface area contributed by atoms with E-state index in [2.05, 4.69) is 40.1 Å². The molecule has 0 aliphatic rings. The summed E-state index contributed by atoms with van der Waals surface area (Å²) in [5, 5.41) is 5.71. The second kappa shape index (κ2) is 4.46. The van der Waals surface area contributed by atoms with Crippen molar-refractivity contribution in [3.05, 3.63) is 51.8 Å². The summed E-state index contributed by atoms with van der Waals surface area (Å²) in [7, 11) is 0. The SMILES string of the molecule is Cc1cc2ccccc2nc1-n1nc(C)c(Br)c1C. The Balaban J connectivity index is 2.30. The van der Waals surface area contributed by atoms with Gasteiger partial charge in [-0.05, 0) is 54.4 Å². The maximum absolute atomic E-state index is 4.74. The molecule has 0 aliphatic carbocycles. The summed E-state index contributed by atoms with van der Waals surface area (Å²) in [5.74, 6) is 0.894. The molecule has 0 radical (unpaired) electrons. The molecule has 0 bridgehead atoms. The number of aromatic nitrogens is 3. The Morgan fingerprint density at radius 2 is 1.84 bits per heavy atom. The molecule has 3 nitrogen and oxygen atoms in total. The zero-order valence-corrected chi connectivity index (χ0v) is 12.7. The fourth-order valence-corrected chi connectivity index (χ4v) is 2.50. The van der Waals surface area contributed by atoms with Crippen molar-refractivity contribution in [1.29, 1.82) is 0 Å². The van der Waals surface area contributed by atoms with Crippen molar-refractivity contribution in [2.24, 2.45) is 0 Å². The molecule has 0 saturated carbocycles. The molecular weight excluding hydrogens is 302 g/mol. The molecule has 19 heavy (non-hydrogen) atoms. The number of fused-ring (bicyclic) bond motifs is 1. The van der Waals surface area contributed by atoms with Crippen LogP contribution < -0.4 is 0 Å². The van der Waals surface area contributed by atoms with E-state index in [1.807, 2.05) is 36.7 Å². The average molecular weight is 316 g/mol. The third kappa shape index (κ3) is 1.96. The highest BCUT2D eigenvalue weighted by Gasteiger charge is 2.13. The van der Waals surface area contributed by atoms with Gasteiger partial charge in [-0.1, -0.05) is 18.2 Å². The zero-order chi connectivity index (χ0) is 13.6. The van der Waals surface area contributed by atoms with Crippen molar-refractivity contribution < 1.29 is 0 Å². The molecule has 2 heterocycles. The molecule has 0 atom stereocenters. The molecule has 0 aliphatic heterocycles. The van der Waals surface area contributed by atoms with Crippen LogP contribution in [-0.4, -0.2) is 14.8 Å². The van der Waals surface area contributed by atoms with E-state index >= 15 is 0 Å². The number of nitrogens with zero attached hydrogens (tertiary/aromatic N) is 3. The van der Waals surface area contributed by atoms with Crippen molar-refractivity contribution >= 4 is 26.8 Å². The molecule has 3 rings (SSSR count). The number of hydrogen-bond donors (Lipinski definition) is 0. The lowest BCUT2D eigenvalue weighted by atomic mass is 10.1. The smallest absolute Gasteiger partial charge is 0.157 e. The number of para-hydroxylation sites is 1. The molecule has 0 unspecified atom stereocenters. The van der Waals surface area contributed by atoms with Gasteiger partial charge >= 0.3 is 0 Å². The van der Waals surface area contributed by atoms with Crippen LogP contribution in [0, 0.1) is 20.8 Å². The van der Waals surface area contributed by atoms with Gasteiger partial charge in [-0.15, -0.1) is 0 Å². The highest BCUT2D eigenvalue weighted by molar-refractivity contribution is 9.10. The number of halogens is 1. The minimum absolute atomic E-state index is 0.894. The van der Waals surface area contributed by atoms with Gasteiger partial charge in [0.2, 0.25) is 0 Å². The van der Waals surface area contributed by atoms with Crippen LogP contribution in [0.5, 0.6) is 0 Å². The number of hydrogen-bond acceptors (Lipinski definition) is 2. The minimum Gasteiger partial charge on any atom is -0.228 e. The average Bonchev–Trinajstić information content (AvgIpc) is 2.66. The highest BCUT2D eigenvalue weighted by atomic mass is 79.9. The monoisotopic (exact) mass is 315 g/mol. The van der Waals surface area contributed by atoms with Crippen LogP contribution >= 0.6 is 15.9 Å². The number of aryl methyl sites for hydroxylation is 2. The topological polar surface area (TPSA) is 30.7 Å². The van der Waals surface area contributed by atoms with E-state index in [-0.39, 0.29) is 0 Å². The molecule has 0 N–H and O–H groups in total. The molecule has 3 aromatic rings. The van der Waals surface area contributed by atoms with Crippen molar-refractivity contribution in [2.45, 2.75) is 20.8 Å². The zero-order valence-electron chi connectivity index (χ0n) is 11.1. The van der Waals surface area contributed by atoms with Crippen molar-refractivity contribution in [2.75, 3.05) is 0 Å². The first kappa shape index (κ1) is 12.4. The fourth-order valence-electron chi connectivity index (χ4n) is 2.26. The first-order valence-electron chi connectivity index (χ1n) is 6.16. The van der Waals surface area contributed by atoms with Crippen LogP contribution in [-0.2, 0) is 0 Å². The molecule has 4 heteroatoms. The van der Waals surface area contributed by atoms with Gasteiger partial charge in [0, 0.05) is 5.39 Å². The van der Waals surface area contributed by atoms with E-state index in [0.29, 0.717) is 0 Å². The second-order valence-electron chi connectivity index (χ2n) is 4.72. The van der Waals surface area contributed by atoms with Crippen LogP contribution in [0.1, 0.15) is 17.0 Å². The third-order valence-electron chi connectivity index (χ3n) is 3.29. The van der Waals surface area contributed by atoms with Gasteiger partial charge in [-0.25, -0.2) is 9.67 Å². The summed E-state index contributed by atoms with van der Waals surface area (Å²) >= 11 is 3.56. The molecule has 0 saturated heterocycles. The third-order valence-corrected chi connectivity index (χ3v) is 4.44. The van der Waals surface area contributed by atoms with Gasteiger partial charge in [-0.3, -0.25) is 0 Å². The minimum atomic E-state index is 0.894. The largest absolute Gasteiger partial charge is 0.228 e. The molecule has 0 amide bonds. The highest BCUT2D eigenvalue weighted by Crippen LogP contribution is 2.25. The van der Waals surface area contributed by atoms with Gasteiger partial charge in [0.05, 0.1) is 21.4 Å². The maximum atomic E-state index is 4.74. The molecule has 2 aromatic heterocycles. The lowest BCUT2D eigenvalue weighted by Crippen LogP contribution is -2.04. The Labute approximate surface area is 120 Å². The van der Waals surface area contributed by atoms with Crippen LogP contribution in [0.3, 0.4) is 0 Å². The predicted molar refractivity (Wildman–Crippen MR) is 80.8 cm³/mol. The lowest BCUT2D eigenvalue weighted by Gasteiger charge is -2.09. The van der Waals surface area contributed by atoms with Crippen LogP contribution in [0.4, 0.5) is 0 Å². The molecule has 96 valence electrons. The summed E-state index contributed by atoms with van der Waals surface area (Å²) in [6, 6.07) is 10.3. The molecule has 0 spiro atoms. The fraction of sp³-hybridized carbons (Fsp3) is 0.200. The predicted octanol–water partition coefficient (Wildman–Crippen LogP) is 4.11. The van der Waals surface area contributed by atoms with Gasteiger partial charge in [-0.2, -0.15) is 5.10 Å². The van der Waals surface area contributed by atoms with Crippen molar-refractivity contribution in [3.8, 4) is 5.82 Å². The van der Waals surface area contributed by atoms with E-state index in [9.17, 15) is 0 Å².